The molecule has 1 amide bonds. The molecule has 1 rings (SSSR count). The van der Waals surface area contributed by atoms with Crippen molar-refractivity contribution in [2.75, 3.05) is 0 Å². The minimum absolute atomic E-state index is 0. The van der Waals surface area contributed by atoms with Gasteiger partial charge >= 0.3 is 0 Å². The Morgan fingerprint density at radius 1 is 1.29 bits per heavy atom. The predicted molar refractivity (Wildman–Crippen MR) is 53.7 cm³/mol. The van der Waals surface area contributed by atoms with Gasteiger partial charge in [0, 0.05) is 27.9 Å². The van der Waals surface area contributed by atoms with Gasteiger partial charge in [-0.05, 0) is 30.0 Å². The average molecular weight is 374 g/mol. The van der Waals surface area contributed by atoms with E-state index in [4.69, 9.17) is 5.73 Å². The Bertz CT molecular complexity index is 323. The van der Waals surface area contributed by atoms with Crippen LogP contribution in [0.1, 0.15) is 35.3 Å². The molecule has 0 atom stereocenters. The number of rotatable bonds is 3. The number of hydrogen-bond acceptors (Lipinski definition) is 1. The van der Waals surface area contributed by atoms with Gasteiger partial charge in [-0.25, -0.2) is 0 Å². The Morgan fingerprint density at radius 2 is 1.93 bits per heavy atom. The summed E-state index contributed by atoms with van der Waals surface area (Å²) in [4.78, 5) is 11.1. The molecular weight excluding hydrogens is 359 g/mol. The number of hydrogen-bond donors (Lipinski definition) is 1. The molecule has 1 aromatic rings. The summed E-state index contributed by atoms with van der Waals surface area (Å²) in [5, 5.41) is 0. The molecule has 81 valence electrons. The third-order valence-corrected chi connectivity index (χ3v) is 2.27. The van der Waals surface area contributed by atoms with Crippen LogP contribution in [-0.2, 0) is 35.2 Å². The van der Waals surface area contributed by atoms with E-state index in [1.165, 1.54) is 5.56 Å². The number of carbonyl (C=O) groups is 1. The number of amides is 1. The number of benzene rings is 1. The van der Waals surface area contributed by atoms with Gasteiger partial charge in [-0.2, -0.15) is 0 Å². The topological polar surface area (TPSA) is 43.1 Å². The molecular formula is C11H15AuNO. The zero-order valence-corrected chi connectivity index (χ0v) is 10.6. The van der Waals surface area contributed by atoms with Gasteiger partial charge in [-0.3, -0.25) is 4.79 Å². The van der Waals surface area contributed by atoms with E-state index in [1.54, 1.807) is 6.07 Å². The number of primary amides is 1. The number of carbonyl (C=O) groups excluding carboxylic acids is 1. The maximum absolute atomic E-state index is 11.1. The van der Waals surface area contributed by atoms with Gasteiger partial charge in [0.2, 0.25) is 5.91 Å². The molecule has 0 aliphatic heterocycles. The van der Waals surface area contributed by atoms with E-state index < -0.39 is 0 Å². The van der Waals surface area contributed by atoms with Crippen LogP contribution in [0.15, 0.2) is 18.2 Å². The monoisotopic (exact) mass is 374 g/mol. The van der Waals surface area contributed by atoms with Crippen LogP contribution in [0, 0.1) is 0 Å². The van der Waals surface area contributed by atoms with Crippen molar-refractivity contribution >= 4 is 5.91 Å². The van der Waals surface area contributed by atoms with Gasteiger partial charge in [0.25, 0.3) is 0 Å². The van der Waals surface area contributed by atoms with Crippen molar-refractivity contribution in [1.82, 2.24) is 0 Å². The molecule has 2 N–H and O–H groups in total. The van der Waals surface area contributed by atoms with Crippen molar-refractivity contribution in [2.24, 2.45) is 5.73 Å². The van der Waals surface area contributed by atoms with Crippen LogP contribution in [-0.4, -0.2) is 5.91 Å². The summed E-state index contributed by atoms with van der Waals surface area (Å²) in [5.74, 6) is -0.327. The fraction of sp³-hybridized carbons (Fsp3) is 0.364. The zero-order valence-electron chi connectivity index (χ0n) is 8.43. The molecule has 0 heterocycles. The van der Waals surface area contributed by atoms with E-state index in [0.717, 1.165) is 18.4 Å². The van der Waals surface area contributed by atoms with E-state index >= 15 is 0 Å². The molecule has 1 radical (unpaired) electrons. The van der Waals surface area contributed by atoms with Crippen LogP contribution in [0.2, 0.25) is 0 Å². The Kier molecular flexibility index (Phi) is 5.77. The Morgan fingerprint density at radius 3 is 2.36 bits per heavy atom. The summed E-state index contributed by atoms with van der Waals surface area (Å²) in [6, 6.07) is 5.73. The quantitative estimate of drug-likeness (QED) is 0.808. The second-order valence-electron chi connectivity index (χ2n) is 3.01. The second-order valence-corrected chi connectivity index (χ2v) is 3.01. The van der Waals surface area contributed by atoms with Crippen LogP contribution in [0.5, 0.6) is 0 Å². The van der Waals surface area contributed by atoms with Gasteiger partial charge in [-0.15, -0.1) is 0 Å². The van der Waals surface area contributed by atoms with Crippen molar-refractivity contribution in [3.05, 3.63) is 34.9 Å². The molecule has 0 saturated carbocycles. The first kappa shape index (κ1) is 13.4. The third-order valence-electron chi connectivity index (χ3n) is 2.27. The standard InChI is InChI=1S/C11H15NO.Au/c1-3-8-6-5-7-10(11(12)13)9(8)4-2;/h5-7H,3-4H2,1-2H3,(H2,12,13);. The smallest absolute Gasteiger partial charge is 0.248 e. The third kappa shape index (κ3) is 2.71. The molecule has 0 fully saturated rings. The Balaban J connectivity index is 0.00000169. The summed E-state index contributed by atoms with van der Waals surface area (Å²) >= 11 is 0. The summed E-state index contributed by atoms with van der Waals surface area (Å²) in [7, 11) is 0. The van der Waals surface area contributed by atoms with Crippen molar-refractivity contribution in [1.29, 1.82) is 0 Å². The van der Waals surface area contributed by atoms with E-state index in [1.807, 2.05) is 19.1 Å². The minimum atomic E-state index is -0.327. The van der Waals surface area contributed by atoms with Gasteiger partial charge < -0.3 is 5.73 Å². The van der Waals surface area contributed by atoms with Gasteiger partial charge in [0.05, 0.1) is 0 Å². The largest absolute Gasteiger partial charge is 0.366 e. The SMILES string of the molecule is CCc1cccc(C(N)=O)c1CC.[Au]. The zero-order chi connectivity index (χ0) is 9.84. The number of nitrogens with two attached hydrogens (primary N) is 1. The van der Waals surface area contributed by atoms with E-state index in [2.05, 4.69) is 6.92 Å². The van der Waals surface area contributed by atoms with Crippen molar-refractivity contribution in [3.63, 3.8) is 0 Å². The maximum atomic E-state index is 11.1. The van der Waals surface area contributed by atoms with Crippen molar-refractivity contribution in [2.45, 2.75) is 26.7 Å². The maximum Gasteiger partial charge on any atom is 0.248 e. The first-order chi connectivity index (χ1) is 6.20. The van der Waals surface area contributed by atoms with Gasteiger partial charge in [0.15, 0.2) is 0 Å². The first-order valence-electron chi connectivity index (χ1n) is 4.61. The predicted octanol–water partition coefficient (Wildman–Crippen LogP) is 1.91. The molecule has 14 heavy (non-hydrogen) atoms. The first-order valence-corrected chi connectivity index (χ1v) is 4.61. The van der Waals surface area contributed by atoms with Crippen LogP contribution in [0.3, 0.4) is 0 Å². The summed E-state index contributed by atoms with van der Waals surface area (Å²) < 4.78 is 0. The van der Waals surface area contributed by atoms with Gasteiger partial charge in [-0.1, -0.05) is 26.0 Å². The van der Waals surface area contributed by atoms with Crippen molar-refractivity contribution < 1.29 is 27.2 Å². The molecule has 2 nitrogen and oxygen atoms in total. The van der Waals surface area contributed by atoms with Crippen LogP contribution in [0.4, 0.5) is 0 Å². The molecule has 0 aromatic heterocycles. The fourth-order valence-electron chi connectivity index (χ4n) is 1.61. The molecule has 0 aliphatic rings. The average Bonchev–Trinajstić information content (AvgIpc) is 2.16. The molecule has 0 unspecified atom stereocenters. The van der Waals surface area contributed by atoms with Crippen LogP contribution >= 0.6 is 0 Å². The summed E-state index contributed by atoms with van der Waals surface area (Å²) in [6.07, 6.45) is 1.81. The van der Waals surface area contributed by atoms with E-state index in [0.29, 0.717) is 5.56 Å². The fourth-order valence-corrected chi connectivity index (χ4v) is 1.61. The van der Waals surface area contributed by atoms with Crippen molar-refractivity contribution in [3.8, 4) is 0 Å². The Hall–Kier alpha value is -0.570. The number of aryl methyl sites for hydroxylation is 1. The minimum Gasteiger partial charge on any atom is -0.366 e. The second kappa shape index (κ2) is 6.02. The summed E-state index contributed by atoms with van der Waals surface area (Å²) in [6.45, 7) is 4.13. The molecule has 1 aromatic carbocycles. The summed E-state index contributed by atoms with van der Waals surface area (Å²) in [5.41, 5.74) is 8.26. The van der Waals surface area contributed by atoms with E-state index in [-0.39, 0.29) is 28.3 Å². The molecule has 0 bridgehead atoms. The normalized spacial score (nSPS) is 9.29. The van der Waals surface area contributed by atoms with Gasteiger partial charge in [0.1, 0.15) is 0 Å². The molecule has 0 spiro atoms. The molecule has 0 aliphatic carbocycles. The van der Waals surface area contributed by atoms with E-state index in [9.17, 15) is 4.79 Å². The van der Waals surface area contributed by atoms with Crippen LogP contribution in [0.25, 0.3) is 0 Å². The van der Waals surface area contributed by atoms with Crippen LogP contribution < -0.4 is 5.73 Å². The molecule has 0 saturated heterocycles. The Labute approximate surface area is 100 Å². The molecule has 3 heteroatoms.